The van der Waals surface area contributed by atoms with Crippen molar-refractivity contribution in [2.75, 3.05) is 20.2 Å². The van der Waals surface area contributed by atoms with E-state index in [0.717, 1.165) is 24.1 Å². The van der Waals surface area contributed by atoms with Gasteiger partial charge in [-0.05, 0) is 48.8 Å². The Morgan fingerprint density at radius 2 is 2.10 bits per heavy atom. The van der Waals surface area contributed by atoms with Crippen molar-refractivity contribution in [1.29, 1.82) is 0 Å². The molecule has 2 atom stereocenters. The Balaban J connectivity index is 1.56. The zero-order chi connectivity index (χ0) is 13.7. The summed E-state index contributed by atoms with van der Waals surface area (Å²) in [5.41, 5.74) is 2.76. The lowest BCUT2D eigenvalue weighted by molar-refractivity contribution is 0.0593. The predicted octanol–water partition coefficient (Wildman–Crippen LogP) is 2.20. The normalized spacial score (nSPS) is 28.2. The van der Waals surface area contributed by atoms with E-state index in [9.17, 15) is 4.79 Å². The topological polar surface area (TPSA) is 42.4 Å². The summed E-state index contributed by atoms with van der Waals surface area (Å²) in [5, 5.41) is 0. The van der Waals surface area contributed by atoms with Crippen molar-refractivity contribution in [3.8, 4) is 0 Å². The molecule has 4 heteroatoms. The Kier molecular flexibility index (Phi) is 2.81. The van der Waals surface area contributed by atoms with Crippen LogP contribution in [0, 0.1) is 11.8 Å². The maximum atomic E-state index is 11.8. The van der Waals surface area contributed by atoms with Crippen molar-refractivity contribution in [3.05, 3.63) is 29.1 Å². The molecule has 1 aromatic heterocycles. The van der Waals surface area contributed by atoms with Gasteiger partial charge in [-0.1, -0.05) is 0 Å². The molecular formula is C16H20N2O2. The van der Waals surface area contributed by atoms with Gasteiger partial charge in [-0.2, -0.15) is 0 Å². The summed E-state index contributed by atoms with van der Waals surface area (Å²) in [6.45, 7) is 3.39. The van der Waals surface area contributed by atoms with E-state index >= 15 is 0 Å². The van der Waals surface area contributed by atoms with Crippen LogP contribution in [0.25, 0.3) is 0 Å². The largest absolute Gasteiger partial charge is 0.464 e. The monoisotopic (exact) mass is 272 g/mol. The molecule has 0 amide bonds. The first-order chi connectivity index (χ1) is 9.72. The van der Waals surface area contributed by atoms with Crippen LogP contribution >= 0.6 is 0 Å². The van der Waals surface area contributed by atoms with E-state index in [1.807, 2.05) is 6.07 Å². The molecule has 0 N–H and O–H groups in total. The Hall–Kier alpha value is -1.42. The molecule has 1 aliphatic heterocycles. The first kappa shape index (κ1) is 12.3. The number of likely N-dealkylation sites (tertiary alicyclic amines) is 1. The fourth-order valence-corrected chi connectivity index (χ4v) is 3.38. The zero-order valence-corrected chi connectivity index (χ0v) is 11.8. The Bertz CT molecular complexity index is 543. The second-order valence-electron chi connectivity index (χ2n) is 6.50. The minimum absolute atomic E-state index is 0.321. The average Bonchev–Trinajstić information content (AvgIpc) is 3.37. The lowest BCUT2D eigenvalue weighted by atomic mass is 10.1. The standard InChI is InChI=1S/C16H20N2O2/c1-20-16(19)15-5-10(4-14(17-15)11-2-3-11)7-18-8-12-6-13(12)9-18/h4-5,11-13H,2-3,6-9H2,1H3. The van der Waals surface area contributed by atoms with Crippen LogP contribution in [0.15, 0.2) is 12.1 Å². The summed E-state index contributed by atoms with van der Waals surface area (Å²) >= 11 is 0. The van der Waals surface area contributed by atoms with Crippen molar-refractivity contribution < 1.29 is 9.53 Å². The highest BCUT2D eigenvalue weighted by Gasteiger charge is 2.44. The van der Waals surface area contributed by atoms with Crippen LogP contribution in [0.3, 0.4) is 0 Å². The lowest BCUT2D eigenvalue weighted by Gasteiger charge is -2.18. The molecule has 3 fully saturated rings. The minimum Gasteiger partial charge on any atom is -0.464 e. The van der Waals surface area contributed by atoms with Gasteiger partial charge in [0.1, 0.15) is 5.69 Å². The summed E-state index contributed by atoms with van der Waals surface area (Å²) in [5.74, 6) is 2.13. The van der Waals surface area contributed by atoms with E-state index in [0.29, 0.717) is 11.6 Å². The van der Waals surface area contributed by atoms with Gasteiger partial charge < -0.3 is 4.74 Å². The minimum atomic E-state index is -0.321. The van der Waals surface area contributed by atoms with Gasteiger partial charge in [-0.25, -0.2) is 9.78 Å². The van der Waals surface area contributed by atoms with Crippen LogP contribution in [0.1, 0.15) is 46.9 Å². The van der Waals surface area contributed by atoms with Gasteiger partial charge in [-0.3, -0.25) is 4.90 Å². The van der Waals surface area contributed by atoms with Crippen molar-refractivity contribution >= 4 is 5.97 Å². The number of carbonyl (C=O) groups is 1. The highest BCUT2D eigenvalue weighted by molar-refractivity contribution is 5.87. The Labute approximate surface area is 119 Å². The van der Waals surface area contributed by atoms with Crippen molar-refractivity contribution in [1.82, 2.24) is 9.88 Å². The summed E-state index contributed by atoms with van der Waals surface area (Å²) in [6.07, 6.45) is 3.82. The number of aromatic nitrogens is 1. The molecule has 2 saturated carbocycles. The SMILES string of the molecule is COC(=O)c1cc(CN2CC3CC3C2)cc(C2CC2)n1. The van der Waals surface area contributed by atoms with Crippen molar-refractivity contribution in [3.63, 3.8) is 0 Å². The van der Waals surface area contributed by atoms with Crippen LogP contribution in [-0.2, 0) is 11.3 Å². The Morgan fingerprint density at radius 3 is 2.75 bits per heavy atom. The van der Waals surface area contributed by atoms with Crippen LogP contribution in [0.5, 0.6) is 0 Å². The van der Waals surface area contributed by atoms with Crippen LogP contribution in [0.2, 0.25) is 0 Å². The van der Waals surface area contributed by atoms with Gasteiger partial charge in [0.2, 0.25) is 0 Å². The van der Waals surface area contributed by atoms with Crippen molar-refractivity contribution in [2.45, 2.75) is 31.7 Å². The highest BCUT2D eigenvalue weighted by atomic mass is 16.5. The lowest BCUT2D eigenvalue weighted by Crippen LogP contribution is -2.22. The number of nitrogens with zero attached hydrogens (tertiary/aromatic N) is 2. The van der Waals surface area contributed by atoms with Gasteiger partial charge in [0.05, 0.1) is 7.11 Å². The highest BCUT2D eigenvalue weighted by Crippen LogP contribution is 2.45. The number of hydrogen-bond donors (Lipinski definition) is 0. The van der Waals surface area contributed by atoms with Gasteiger partial charge in [-0.15, -0.1) is 0 Å². The quantitative estimate of drug-likeness (QED) is 0.788. The maximum Gasteiger partial charge on any atom is 0.356 e. The third-order valence-corrected chi connectivity index (χ3v) is 4.76. The van der Waals surface area contributed by atoms with Gasteiger partial charge in [0.15, 0.2) is 0 Å². The number of esters is 1. The smallest absolute Gasteiger partial charge is 0.356 e. The second kappa shape index (κ2) is 4.55. The molecule has 0 aromatic carbocycles. The Morgan fingerprint density at radius 1 is 1.35 bits per heavy atom. The molecule has 1 saturated heterocycles. The molecule has 2 aliphatic carbocycles. The zero-order valence-electron chi connectivity index (χ0n) is 11.8. The van der Waals surface area contributed by atoms with Crippen molar-refractivity contribution in [2.24, 2.45) is 11.8 Å². The molecule has 0 bridgehead atoms. The number of rotatable bonds is 4. The van der Waals surface area contributed by atoms with E-state index in [4.69, 9.17) is 4.74 Å². The van der Waals surface area contributed by atoms with Gasteiger partial charge in [0, 0.05) is 31.2 Å². The molecule has 1 aromatic rings. The molecule has 0 spiro atoms. The maximum absolute atomic E-state index is 11.8. The molecule has 106 valence electrons. The number of carbonyl (C=O) groups excluding carboxylic acids is 1. The van der Waals surface area contributed by atoms with E-state index < -0.39 is 0 Å². The molecule has 20 heavy (non-hydrogen) atoms. The van der Waals surface area contributed by atoms with Crippen LogP contribution < -0.4 is 0 Å². The number of fused-ring (bicyclic) bond motifs is 1. The summed E-state index contributed by atoms with van der Waals surface area (Å²) < 4.78 is 4.83. The molecule has 3 aliphatic rings. The summed E-state index contributed by atoms with van der Waals surface area (Å²) in [7, 11) is 1.42. The molecule has 2 unspecified atom stereocenters. The predicted molar refractivity (Wildman–Crippen MR) is 74.4 cm³/mol. The van der Waals surface area contributed by atoms with E-state index in [2.05, 4.69) is 16.0 Å². The number of piperidine rings is 1. The fourth-order valence-electron chi connectivity index (χ4n) is 3.38. The van der Waals surface area contributed by atoms with Crippen LogP contribution in [0.4, 0.5) is 0 Å². The first-order valence-electron chi connectivity index (χ1n) is 7.54. The van der Waals surface area contributed by atoms with E-state index in [1.54, 1.807) is 0 Å². The molecule has 4 rings (SSSR count). The molecule has 2 heterocycles. The molecule has 0 radical (unpaired) electrons. The van der Waals surface area contributed by atoms with Crippen LogP contribution in [-0.4, -0.2) is 36.1 Å². The van der Waals surface area contributed by atoms with Gasteiger partial charge in [0.25, 0.3) is 0 Å². The fraction of sp³-hybridized carbons (Fsp3) is 0.625. The number of hydrogen-bond acceptors (Lipinski definition) is 4. The number of pyridine rings is 1. The van der Waals surface area contributed by atoms with E-state index in [1.165, 1.54) is 45.0 Å². The summed E-state index contributed by atoms with van der Waals surface area (Å²) in [6, 6.07) is 4.09. The second-order valence-corrected chi connectivity index (χ2v) is 6.50. The first-order valence-corrected chi connectivity index (χ1v) is 7.54. The van der Waals surface area contributed by atoms with Gasteiger partial charge >= 0.3 is 5.97 Å². The third kappa shape index (κ3) is 2.33. The average molecular weight is 272 g/mol. The van der Waals surface area contributed by atoms with E-state index in [-0.39, 0.29) is 5.97 Å². The molecule has 4 nitrogen and oxygen atoms in total. The number of methoxy groups -OCH3 is 1. The summed E-state index contributed by atoms with van der Waals surface area (Å²) in [4.78, 5) is 18.7. The number of ether oxygens (including phenoxy) is 1. The third-order valence-electron chi connectivity index (χ3n) is 4.76. The molecular weight excluding hydrogens is 252 g/mol.